The summed E-state index contributed by atoms with van der Waals surface area (Å²) in [5.74, 6) is 1.18. The zero-order valence-corrected chi connectivity index (χ0v) is 13.8. The lowest BCUT2D eigenvalue weighted by Gasteiger charge is -2.23. The molecule has 2 heterocycles. The van der Waals surface area contributed by atoms with Crippen molar-refractivity contribution in [2.24, 2.45) is 5.92 Å². The third-order valence-corrected chi connectivity index (χ3v) is 3.95. The van der Waals surface area contributed by atoms with Crippen LogP contribution in [0.5, 0.6) is 0 Å². The summed E-state index contributed by atoms with van der Waals surface area (Å²) in [6, 6.07) is 11.4. The topological polar surface area (TPSA) is 67.4 Å². The summed E-state index contributed by atoms with van der Waals surface area (Å²) in [6.07, 6.45) is 1.24. The first-order valence-corrected chi connectivity index (χ1v) is 7.86. The molecule has 0 aliphatic carbocycles. The minimum atomic E-state index is -0.375. The van der Waals surface area contributed by atoms with Gasteiger partial charge in [0.25, 0.3) is 0 Å². The van der Waals surface area contributed by atoms with E-state index in [1.54, 1.807) is 17.2 Å². The molecular formula is C18H20N4O2. The molecular weight excluding hydrogens is 304 g/mol. The second-order valence-electron chi connectivity index (χ2n) is 5.97. The van der Waals surface area contributed by atoms with Crippen molar-refractivity contribution in [1.82, 2.24) is 9.97 Å². The molecule has 0 radical (unpaired) electrons. The molecule has 0 saturated carbocycles. The van der Waals surface area contributed by atoms with Gasteiger partial charge in [-0.05, 0) is 17.5 Å². The number of aromatic nitrogens is 2. The lowest BCUT2D eigenvalue weighted by atomic mass is 10.0. The predicted octanol–water partition coefficient (Wildman–Crippen LogP) is 3.54. The third kappa shape index (κ3) is 3.22. The Kier molecular flexibility index (Phi) is 4.46. The van der Waals surface area contributed by atoms with Crippen LogP contribution < -0.4 is 10.2 Å². The molecule has 1 aromatic carbocycles. The maximum Gasteiger partial charge on any atom is 0.415 e. The van der Waals surface area contributed by atoms with E-state index >= 15 is 0 Å². The molecule has 24 heavy (non-hydrogen) atoms. The first kappa shape index (κ1) is 16.0. The number of amides is 1. The van der Waals surface area contributed by atoms with Crippen LogP contribution in [0.3, 0.4) is 0 Å². The molecule has 1 atom stereocenters. The molecule has 6 nitrogen and oxygen atoms in total. The van der Waals surface area contributed by atoms with Crippen LogP contribution >= 0.6 is 0 Å². The minimum Gasteiger partial charge on any atom is -0.447 e. The van der Waals surface area contributed by atoms with Crippen molar-refractivity contribution in [2.75, 3.05) is 16.8 Å². The lowest BCUT2D eigenvalue weighted by molar-refractivity contribution is 0.177. The summed E-state index contributed by atoms with van der Waals surface area (Å²) in [6.45, 7) is 8.49. The van der Waals surface area contributed by atoms with E-state index in [1.165, 1.54) is 0 Å². The van der Waals surface area contributed by atoms with Crippen molar-refractivity contribution in [1.29, 1.82) is 0 Å². The summed E-state index contributed by atoms with van der Waals surface area (Å²) < 4.78 is 5.17. The van der Waals surface area contributed by atoms with Crippen molar-refractivity contribution in [3.05, 3.63) is 54.7 Å². The van der Waals surface area contributed by atoms with E-state index in [1.807, 2.05) is 30.3 Å². The summed E-state index contributed by atoms with van der Waals surface area (Å²) in [7, 11) is 0. The quantitative estimate of drug-likeness (QED) is 0.911. The summed E-state index contributed by atoms with van der Waals surface area (Å²) in [4.78, 5) is 22.3. The number of rotatable bonds is 5. The van der Waals surface area contributed by atoms with Gasteiger partial charge >= 0.3 is 6.09 Å². The fourth-order valence-electron chi connectivity index (χ4n) is 2.58. The lowest BCUT2D eigenvalue weighted by Crippen LogP contribution is -2.37. The van der Waals surface area contributed by atoms with E-state index in [0.29, 0.717) is 24.1 Å². The smallest absolute Gasteiger partial charge is 0.415 e. The zero-order chi connectivity index (χ0) is 17.1. The summed E-state index contributed by atoms with van der Waals surface area (Å²) in [5, 5.41) is 3.09. The van der Waals surface area contributed by atoms with Crippen LogP contribution in [0.25, 0.3) is 5.70 Å². The van der Waals surface area contributed by atoms with Crippen molar-refractivity contribution in [2.45, 2.75) is 19.9 Å². The van der Waals surface area contributed by atoms with Gasteiger partial charge in [-0.15, -0.1) is 0 Å². The molecule has 3 rings (SSSR count). The van der Waals surface area contributed by atoms with E-state index < -0.39 is 0 Å². The van der Waals surface area contributed by atoms with E-state index in [0.717, 1.165) is 5.56 Å². The first-order valence-electron chi connectivity index (χ1n) is 7.86. The molecule has 1 aliphatic rings. The highest BCUT2D eigenvalue weighted by Gasteiger charge is 2.37. The summed E-state index contributed by atoms with van der Waals surface area (Å²) in [5.41, 5.74) is 1.64. The highest BCUT2D eigenvalue weighted by atomic mass is 16.6. The number of anilines is 2. The van der Waals surface area contributed by atoms with Gasteiger partial charge in [0.1, 0.15) is 12.4 Å². The number of carbonyl (C=O) groups excluding carboxylic acids is 1. The number of carbonyl (C=O) groups is 1. The van der Waals surface area contributed by atoms with Crippen LogP contribution in [0, 0.1) is 5.92 Å². The van der Waals surface area contributed by atoms with Crippen LogP contribution in [0.1, 0.15) is 19.4 Å². The molecule has 1 fully saturated rings. The van der Waals surface area contributed by atoms with E-state index in [4.69, 9.17) is 4.74 Å². The third-order valence-electron chi connectivity index (χ3n) is 3.95. The fraction of sp³-hybridized carbons (Fsp3) is 0.278. The van der Waals surface area contributed by atoms with Gasteiger partial charge in [-0.25, -0.2) is 9.78 Å². The molecule has 124 valence electrons. The van der Waals surface area contributed by atoms with Gasteiger partial charge in [-0.2, -0.15) is 4.98 Å². The average molecular weight is 324 g/mol. The van der Waals surface area contributed by atoms with Crippen LogP contribution in [0.15, 0.2) is 49.2 Å². The van der Waals surface area contributed by atoms with Gasteiger partial charge in [0.2, 0.25) is 5.95 Å². The Labute approximate surface area is 141 Å². The number of benzene rings is 1. The summed E-state index contributed by atoms with van der Waals surface area (Å²) >= 11 is 0. The van der Waals surface area contributed by atoms with Gasteiger partial charge in [0.05, 0.1) is 6.04 Å². The Bertz CT molecular complexity index is 746. The van der Waals surface area contributed by atoms with Gasteiger partial charge < -0.3 is 10.1 Å². The normalized spacial score (nSPS) is 17.0. The average Bonchev–Trinajstić information content (AvgIpc) is 2.98. The Balaban J connectivity index is 1.82. The zero-order valence-electron chi connectivity index (χ0n) is 13.8. The monoisotopic (exact) mass is 324 g/mol. The highest BCUT2D eigenvalue weighted by molar-refractivity contribution is 5.89. The van der Waals surface area contributed by atoms with Gasteiger partial charge in [0, 0.05) is 11.9 Å². The second kappa shape index (κ2) is 6.70. The fourth-order valence-corrected chi connectivity index (χ4v) is 2.58. The molecule has 1 N–H and O–H groups in total. The van der Waals surface area contributed by atoms with Crippen molar-refractivity contribution < 1.29 is 9.53 Å². The number of hydrogen-bond acceptors (Lipinski definition) is 5. The van der Waals surface area contributed by atoms with Crippen molar-refractivity contribution in [3.8, 4) is 0 Å². The number of nitrogens with one attached hydrogen (secondary N) is 1. The highest BCUT2D eigenvalue weighted by Crippen LogP contribution is 2.26. The molecule has 0 bridgehead atoms. The molecule has 1 aliphatic heterocycles. The first-order chi connectivity index (χ1) is 11.6. The van der Waals surface area contributed by atoms with Gasteiger partial charge in [0.15, 0.2) is 0 Å². The molecule has 0 spiro atoms. The number of ether oxygens (including phenoxy) is 1. The number of hydrogen-bond donors (Lipinski definition) is 1. The van der Waals surface area contributed by atoms with Gasteiger partial charge in [-0.3, -0.25) is 4.90 Å². The van der Waals surface area contributed by atoms with E-state index in [2.05, 4.69) is 35.7 Å². The molecule has 2 aromatic rings. The molecule has 0 unspecified atom stereocenters. The standard InChI is InChI=1S/C18H20N4O2/c1-12(2)15-11-24-18(23)22(15)16-9-10-19-17(21-16)20-13(3)14-7-5-4-6-8-14/h4-10,12,15H,3,11H2,1-2H3,(H,19,20,21)/t15-/m1/s1. The maximum absolute atomic E-state index is 12.0. The minimum absolute atomic E-state index is 0.0300. The number of cyclic esters (lactones) is 1. The van der Waals surface area contributed by atoms with E-state index in [-0.39, 0.29) is 18.1 Å². The Morgan fingerprint density at radius 3 is 2.79 bits per heavy atom. The molecule has 6 heteroatoms. The van der Waals surface area contributed by atoms with E-state index in [9.17, 15) is 4.79 Å². The SMILES string of the molecule is C=C(Nc1nccc(N2C(=O)OC[C@@H]2C(C)C)n1)c1ccccc1. The Morgan fingerprint density at radius 1 is 1.33 bits per heavy atom. The predicted molar refractivity (Wildman–Crippen MR) is 93.6 cm³/mol. The van der Waals surface area contributed by atoms with Crippen molar-refractivity contribution >= 4 is 23.6 Å². The largest absolute Gasteiger partial charge is 0.447 e. The maximum atomic E-state index is 12.0. The molecule has 1 aromatic heterocycles. The number of nitrogens with zero attached hydrogens (tertiary/aromatic N) is 3. The van der Waals surface area contributed by atoms with Crippen LogP contribution in [-0.4, -0.2) is 28.7 Å². The van der Waals surface area contributed by atoms with Crippen LogP contribution in [0.2, 0.25) is 0 Å². The molecule has 1 amide bonds. The van der Waals surface area contributed by atoms with Crippen LogP contribution in [0.4, 0.5) is 16.6 Å². The van der Waals surface area contributed by atoms with Crippen LogP contribution in [-0.2, 0) is 4.74 Å². The van der Waals surface area contributed by atoms with Crippen molar-refractivity contribution in [3.63, 3.8) is 0 Å². The van der Waals surface area contributed by atoms with Gasteiger partial charge in [-0.1, -0.05) is 50.8 Å². The Hall–Kier alpha value is -2.89. The molecule has 1 saturated heterocycles. The Morgan fingerprint density at radius 2 is 2.08 bits per heavy atom. The second-order valence-corrected chi connectivity index (χ2v) is 5.97.